The molecule has 2 aromatic rings. The van der Waals surface area contributed by atoms with E-state index in [0.717, 1.165) is 0 Å². The third-order valence-corrected chi connectivity index (χ3v) is 2.91. The van der Waals surface area contributed by atoms with Crippen molar-refractivity contribution in [3.8, 4) is 0 Å². The predicted octanol–water partition coefficient (Wildman–Crippen LogP) is 3.61. The van der Waals surface area contributed by atoms with Crippen LogP contribution in [-0.4, -0.2) is 6.79 Å². The van der Waals surface area contributed by atoms with Gasteiger partial charge in [0.2, 0.25) is 0 Å². The van der Waals surface area contributed by atoms with Crippen molar-refractivity contribution in [2.24, 2.45) is 0 Å². The molecule has 4 nitrogen and oxygen atoms in total. The Morgan fingerprint density at radius 1 is 0.783 bits per heavy atom. The van der Waals surface area contributed by atoms with E-state index in [-0.39, 0.29) is 29.3 Å². The Kier molecular flexibility index (Phi) is 5.85. The van der Waals surface area contributed by atoms with Gasteiger partial charge in [0.1, 0.15) is 11.6 Å². The summed E-state index contributed by atoms with van der Waals surface area (Å²) in [6.45, 7) is 7.08. The average molecular weight is 318 g/mol. The topological polar surface area (TPSA) is 42.5 Å². The Morgan fingerprint density at radius 3 is 1.57 bits per heavy atom. The van der Waals surface area contributed by atoms with Gasteiger partial charge < -0.3 is 0 Å². The highest BCUT2D eigenvalue weighted by Crippen LogP contribution is 2.14. The molecule has 2 N–H and O–H groups in total. The minimum atomic E-state index is -0.416. The lowest BCUT2D eigenvalue weighted by Crippen LogP contribution is -2.21. The molecule has 0 fully saturated rings. The molecule has 0 unspecified atom stereocenters. The second-order valence-corrected chi connectivity index (χ2v) is 4.53. The van der Waals surface area contributed by atoms with E-state index < -0.39 is 11.6 Å². The normalized spacial score (nSPS) is 10.2. The molecule has 23 heavy (non-hydrogen) atoms. The van der Waals surface area contributed by atoms with Gasteiger partial charge in [-0.3, -0.25) is 11.0 Å². The van der Waals surface area contributed by atoms with Crippen molar-refractivity contribution < 1.29 is 18.5 Å². The van der Waals surface area contributed by atoms with Crippen molar-refractivity contribution in [3.63, 3.8) is 0 Å². The maximum absolute atomic E-state index is 13.5. The second kappa shape index (κ2) is 8.07. The molecular formula is C17H16F2N2O2. The number of nitrogens with one attached hydrogen (secondary N) is 2. The van der Waals surface area contributed by atoms with E-state index in [9.17, 15) is 8.78 Å². The van der Waals surface area contributed by atoms with Gasteiger partial charge in [0.15, 0.2) is 6.79 Å². The van der Waals surface area contributed by atoms with Gasteiger partial charge in [0.05, 0.1) is 11.4 Å². The molecular weight excluding hydrogens is 302 g/mol. The molecule has 0 aliphatic heterocycles. The number of hydrogen-bond acceptors (Lipinski definition) is 4. The number of hydroxylamine groups is 2. The fourth-order valence-electron chi connectivity index (χ4n) is 1.78. The monoisotopic (exact) mass is 318 g/mol. The molecule has 2 rings (SSSR count). The Hall–Kier alpha value is -2.70. The van der Waals surface area contributed by atoms with Gasteiger partial charge >= 0.3 is 0 Å². The van der Waals surface area contributed by atoms with E-state index in [1.54, 1.807) is 36.4 Å². The molecule has 0 aliphatic rings. The van der Waals surface area contributed by atoms with Crippen LogP contribution in [0.4, 0.5) is 8.78 Å². The van der Waals surface area contributed by atoms with Crippen LogP contribution in [0.15, 0.2) is 61.7 Å². The fourth-order valence-corrected chi connectivity index (χ4v) is 1.78. The SMILES string of the molecule is C=C(NOCONC(=C)c1ccccc1F)c1ccccc1F. The van der Waals surface area contributed by atoms with Crippen LogP contribution in [-0.2, 0) is 9.68 Å². The number of halogens is 2. The van der Waals surface area contributed by atoms with Gasteiger partial charge in [0.25, 0.3) is 0 Å². The van der Waals surface area contributed by atoms with Gasteiger partial charge in [-0.25, -0.2) is 18.5 Å². The van der Waals surface area contributed by atoms with Gasteiger partial charge in [-0.15, -0.1) is 0 Å². The minimum Gasteiger partial charge on any atom is -0.264 e. The first-order valence-corrected chi connectivity index (χ1v) is 6.73. The van der Waals surface area contributed by atoms with Crippen LogP contribution >= 0.6 is 0 Å². The quantitative estimate of drug-likeness (QED) is 0.443. The number of rotatable bonds is 8. The smallest absolute Gasteiger partial charge is 0.199 e. The van der Waals surface area contributed by atoms with Crippen LogP contribution in [0, 0.1) is 11.6 Å². The Bertz CT molecular complexity index is 645. The van der Waals surface area contributed by atoms with Crippen molar-refractivity contribution in [2.75, 3.05) is 6.79 Å². The van der Waals surface area contributed by atoms with Gasteiger partial charge in [-0.2, -0.15) is 0 Å². The molecule has 0 saturated heterocycles. The summed E-state index contributed by atoms with van der Waals surface area (Å²) in [6.07, 6.45) is 0. The number of hydrogen-bond donors (Lipinski definition) is 2. The Labute approximate surface area is 132 Å². The standard InChI is InChI=1S/C17H16F2N2O2/c1-12(14-7-3-5-9-16(14)18)20-22-11-23-21-13(2)15-8-4-6-10-17(15)19/h3-10,20-21H,1-2,11H2. The molecule has 0 atom stereocenters. The molecule has 120 valence electrons. The lowest BCUT2D eigenvalue weighted by atomic mass is 10.2. The molecule has 0 amide bonds. The van der Waals surface area contributed by atoms with E-state index in [0.29, 0.717) is 0 Å². The average Bonchev–Trinajstić information content (AvgIpc) is 2.55. The highest BCUT2D eigenvalue weighted by atomic mass is 19.1. The lowest BCUT2D eigenvalue weighted by molar-refractivity contribution is -0.107. The third kappa shape index (κ3) is 4.64. The zero-order chi connectivity index (χ0) is 16.7. The molecule has 0 bridgehead atoms. The second-order valence-electron chi connectivity index (χ2n) is 4.53. The van der Waals surface area contributed by atoms with Crippen molar-refractivity contribution in [1.82, 2.24) is 11.0 Å². The fraction of sp³-hybridized carbons (Fsp3) is 0.0588. The first-order chi connectivity index (χ1) is 11.1. The maximum atomic E-state index is 13.5. The predicted molar refractivity (Wildman–Crippen MR) is 84.2 cm³/mol. The molecule has 0 saturated carbocycles. The highest BCUT2D eigenvalue weighted by molar-refractivity contribution is 5.61. The first kappa shape index (κ1) is 16.7. The molecule has 6 heteroatoms. The van der Waals surface area contributed by atoms with Crippen LogP contribution < -0.4 is 11.0 Å². The minimum absolute atomic E-state index is 0.235. The Morgan fingerprint density at radius 2 is 1.17 bits per heavy atom. The summed E-state index contributed by atoms with van der Waals surface area (Å²) in [4.78, 5) is 9.97. The third-order valence-electron chi connectivity index (χ3n) is 2.91. The molecule has 0 radical (unpaired) electrons. The van der Waals surface area contributed by atoms with Crippen LogP contribution in [0.3, 0.4) is 0 Å². The lowest BCUT2D eigenvalue weighted by Gasteiger charge is -2.13. The molecule has 2 aromatic carbocycles. The zero-order valence-corrected chi connectivity index (χ0v) is 12.3. The summed E-state index contributed by atoms with van der Waals surface area (Å²) >= 11 is 0. The first-order valence-electron chi connectivity index (χ1n) is 6.73. The molecule has 0 heterocycles. The molecule has 0 aliphatic carbocycles. The summed E-state index contributed by atoms with van der Waals surface area (Å²) in [6, 6.07) is 12.3. The van der Waals surface area contributed by atoms with Crippen molar-refractivity contribution in [1.29, 1.82) is 0 Å². The van der Waals surface area contributed by atoms with Crippen LogP contribution in [0.2, 0.25) is 0 Å². The van der Waals surface area contributed by atoms with E-state index in [2.05, 4.69) is 24.1 Å². The number of benzene rings is 2. The summed E-state index contributed by atoms with van der Waals surface area (Å²) in [7, 11) is 0. The zero-order valence-electron chi connectivity index (χ0n) is 12.3. The van der Waals surface area contributed by atoms with Crippen LogP contribution in [0.25, 0.3) is 11.4 Å². The summed E-state index contributed by atoms with van der Waals surface area (Å²) < 4.78 is 27.0. The summed E-state index contributed by atoms with van der Waals surface area (Å²) in [5.74, 6) is -0.832. The molecule has 0 spiro atoms. The van der Waals surface area contributed by atoms with Gasteiger partial charge in [-0.05, 0) is 24.3 Å². The van der Waals surface area contributed by atoms with Crippen molar-refractivity contribution >= 4 is 11.4 Å². The van der Waals surface area contributed by atoms with Crippen LogP contribution in [0.1, 0.15) is 11.1 Å². The molecule has 0 aromatic heterocycles. The van der Waals surface area contributed by atoms with E-state index in [1.165, 1.54) is 12.1 Å². The summed E-state index contributed by atoms with van der Waals surface area (Å²) in [5, 5.41) is 0. The van der Waals surface area contributed by atoms with E-state index in [1.807, 2.05) is 0 Å². The van der Waals surface area contributed by atoms with Gasteiger partial charge in [-0.1, -0.05) is 37.4 Å². The van der Waals surface area contributed by atoms with Crippen LogP contribution in [0.5, 0.6) is 0 Å². The van der Waals surface area contributed by atoms with Crippen molar-refractivity contribution in [3.05, 3.63) is 84.5 Å². The highest BCUT2D eigenvalue weighted by Gasteiger charge is 2.06. The maximum Gasteiger partial charge on any atom is 0.199 e. The van der Waals surface area contributed by atoms with E-state index in [4.69, 9.17) is 9.68 Å². The van der Waals surface area contributed by atoms with Crippen molar-refractivity contribution in [2.45, 2.75) is 0 Å². The largest absolute Gasteiger partial charge is 0.264 e. The van der Waals surface area contributed by atoms with Gasteiger partial charge in [0, 0.05) is 11.1 Å². The van der Waals surface area contributed by atoms with E-state index >= 15 is 0 Å². The summed E-state index contributed by atoms with van der Waals surface area (Å²) in [5.41, 5.74) is 6.00. The Balaban J connectivity index is 1.72.